The van der Waals surface area contributed by atoms with Crippen LogP contribution in [0, 0.1) is 0 Å². The van der Waals surface area contributed by atoms with Crippen molar-refractivity contribution in [2.24, 2.45) is 0 Å². The van der Waals surface area contributed by atoms with Gasteiger partial charge in [0.1, 0.15) is 6.79 Å². The molecule has 0 saturated carbocycles. The minimum absolute atomic E-state index is 0.359. The van der Waals surface area contributed by atoms with Gasteiger partial charge in [0.05, 0.1) is 13.2 Å². The van der Waals surface area contributed by atoms with Gasteiger partial charge in [-0.3, -0.25) is 0 Å². The summed E-state index contributed by atoms with van der Waals surface area (Å²) in [5, 5.41) is 0. The van der Waals surface area contributed by atoms with E-state index in [0.29, 0.717) is 20.0 Å². The molecule has 0 bridgehead atoms. The van der Waals surface area contributed by atoms with E-state index in [9.17, 15) is 0 Å². The molecule has 1 rings (SSSR count). The van der Waals surface area contributed by atoms with Gasteiger partial charge in [-0.25, -0.2) is 0 Å². The number of rotatable bonds is 9. The third kappa shape index (κ3) is 6.56. The molecule has 0 aliphatic heterocycles. The molecule has 1 aromatic rings. The molecule has 1 aromatic carbocycles. The molecule has 0 N–H and O–H groups in total. The van der Waals surface area contributed by atoms with Crippen molar-refractivity contribution < 1.29 is 14.2 Å². The van der Waals surface area contributed by atoms with Gasteiger partial charge in [-0.1, -0.05) is 30.3 Å². The van der Waals surface area contributed by atoms with E-state index in [-0.39, 0.29) is 0 Å². The molecule has 0 radical (unpaired) electrons. The molecular formula is C13H20O3. The molecule has 0 heterocycles. The molecule has 0 aliphatic carbocycles. The predicted octanol–water partition coefficient (Wildman–Crippen LogP) is 2.26. The molecule has 0 saturated heterocycles. The van der Waals surface area contributed by atoms with Crippen molar-refractivity contribution >= 4 is 0 Å². The highest BCUT2D eigenvalue weighted by Gasteiger charge is 1.92. The fraction of sp³-hybridized carbons (Fsp3) is 0.538. The third-order valence-electron chi connectivity index (χ3n) is 2.20. The number of benzene rings is 1. The van der Waals surface area contributed by atoms with Gasteiger partial charge in [0.2, 0.25) is 0 Å². The fourth-order valence-electron chi connectivity index (χ4n) is 1.34. The fourth-order valence-corrected chi connectivity index (χ4v) is 1.34. The summed E-state index contributed by atoms with van der Waals surface area (Å²) in [4.78, 5) is 0. The van der Waals surface area contributed by atoms with Crippen LogP contribution in [0.5, 0.6) is 0 Å². The maximum atomic E-state index is 5.32. The maximum Gasteiger partial charge on any atom is 0.146 e. The maximum absolute atomic E-state index is 5.32. The SMILES string of the molecule is COCCOCOCCCc1ccccc1. The van der Waals surface area contributed by atoms with Crippen LogP contribution in [0.4, 0.5) is 0 Å². The smallest absolute Gasteiger partial charge is 0.146 e. The van der Waals surface area contributed by atoms with Crippen LogP contribution >= 0.6 is 0 Å². The third-order valence-corrected chi connectivity index (χ3v) is 2.20. The number of methoxy groups -OCH3 is 1. The molecule has 3 heteroatoms. The highest BCUT2D eigenvalue weighted by molar-refractivity contribution is 5.14. The van der Waals surface area contributed by atoms with Gasteiger partial charge in [-0.2, -0.15) is 0 Å². The monoisotopic (exact) mass is 224 g/mol. The van der Waals surface area contributed by atoms with Crippen LogP contribution in [0.3, 0.4) is 0 Å². The van der Waals surface area contributed by atoms with Crippen LogP contribution in [0.15, 0.2) is 30.3 Å². The van der Waals surface area contributed by atoms with Crippen molar-refractivity contribution in [2.75, 3.05) is 33.7 Å². The summed E-state index contributed by atoms with van der Waals surface area (Å²) in [6, 6.07) is 10.4. The Morgan fingerprint density at radius 2 is 1.69 bits per heavy atom. The topological polar surface area (TPSA) is 27.7 Å². The van der Waals surface area contributed by atoms with Crippen LogP contribution in [-0.2, 0) is 20.6 Å². The lowest BCUT2D eigenvalue weighted by Gasteiger charge is -2.05. The zero-order valence-corrected chi connectivity index (χ0v) is 9.85. The Morgan fingerprint density at radius 3 is 2.44 bits per heavy atom. The van der Waals surface area contributed by atoms with Gasteiger partial charge in [-0.05, 0) is 18.4 Å². The first-order chi connectivity index (χ1) is 7.93. The molecule has 90 valence electrons. The van der Waals surface area contributed by atoms with Crippen LogP contribution < -0.4 is 0 Å². The lowest BCUT2D eigenvalue weighted by molar-refractivity contribution is -0.0660. The van der Waals surface area contributed by atoms with E-state index in [1.807, 2.05) is 6.07 Å². The molecule has 0 spiro atoms. The Morgan fingerprint density at radius 1 is 0.938 bits per heavy atom. The lowest BCUT2D eigenvalue weighted by Crippen LogP contribution is -2.06. The Kier molecular flexibility index (Phi) is 7.68. The van der Waals surface area contributed by atoms with Crippen LogP contribution in [-0.4, -0.2) is 33.7 Å². The van der Waals surface area contributed by atoms with Crippen molar-refractivity contribution in [1.29, 1.82) is 0 Å². The van der Waals surface area contributed by atoms with E-state index in [1.165, 1.54) is 5.56 Å². The number of hydrogen-bond acceptors (Lipinski definition) is 3. The average molecular weight is 224 g/mol. The Bertz CT molecular complexity index is 249. The van der Waals surface area contributed by atoms with E-state index >= 15 is 0 Å². The first-order valence-electron chi connectivity index (χ1n) is 5.62. The zero-order chi connectivity index (χ0) is 11.5. The molecule has 0 fully saturated rings. The highest BCUT2D eigenvalue weighted by atomic mass is 16.7. The summed E-state index contributed by atoms with van der Waals surface area (Å²) < 4.78 is 15.4. The molecule has 0 aromatic heterocycles. The quantitative estimate of drug-likeness (QED) is 0.475. The zero-order valence-electron chi connectivity index (χ0n) is 9.85. The predicted molar refractivity (Wildman–Crippen MR) is 63.4 cm³/mol. The molecule has 0 amide bonds. The van der Waals surface area contributed by atoms with Crippen molar-refractivity contribution in [3.05, 3.63) is 35.9 Å². The van der Waals surface area contributed by atoms with Crippen LogP contribution in [0.2, 0.25) is 0 Å². The standard InChI is InChI=1S/C13H20O3/c1-14-10-11-16-12-15-9-5-8-13-6-3-2-4-7-13/h2-4,6-7H,5,8-12H2,1H3. The average Bonchev–Trinajstić information content (AvgIpc) is 2.34. The minimum atomic E-state index is 0.359. The van der Waals surface area contributed by atoms with Crippen molar-refractivity contribution in [2.45, 2.75) is 12.8 Å². The normalized spacial score (nSPS) is 10.6. The van der Waals surface area contributed by atoms with Gasteiger partial charge in [0.25, 0.3) is 0 Å². The molecule has 0 atom stereocenters. The minimum Gasteiger partial charge on any atom is -0.382 e. The van der Waals surface area contributed by atoms with Gasteiger partial charge >= 0.3 is 0 Å². The molecular weight excluding hydrogens is 204 g/mol. The van der Waals surface area contributed by atoms with Gasteiger partial charge in [0.15, 0.2) is 0 Å². The van der Waals surface area contributed by atoms with E-state index in [0.717, 1.165) is 19.4 Å². The van der Waals surface area contributed by atoms with E-state index in [4.69, 9.17) is 14.2 Å². The number of hydrogen-bond donors (Lipinski definition) is 0. The van der Waals surface area contributed by atoms with Crippen molar-refractivity contribution in [3.63, 3.8) is 0 Å². The Hall–Kier alpha value is -0.900. The first kappa shape index (κ1) is 13.2. The summed E-state index contributed by atoms with van der Waals surface area (Å²) in [6.07, 6.45) is 2.08. The van der Waals surface area contributed by atoms with Gasteiger partial charge in [-0.15, -0.1) is 0 Å². The van der Waals surface area contributed by atoms with Crippen LogP contribution in [0.1, 0.15) is 12.0 Å². The summed E-state index contributed by atoms with van der Waals surface area (Å²) in [7, 11) is 1.66. The van der Waals surface area contributed by atoms with E-state index in [2.05, 4.69) is 24.3 Å². The number of aryl methyl sites for hydroxylation is 1. The largest absolute Gasteiger partial charge is 0.382 e. The number of ether oxygens (including phenoxy) is 3. The van der Waals surface area contributed by atoms with Crippen molar-refractivity contribution in [1.82, 2.24) is 0 Å². The summed E-state index contributed by atoms with van der Waals surface area (Å²) in [5.41, 5.74) is 1.35. The summed E-state index contributed by atoms with van der Waals surface area (Å²) in [6.45, 7) is 2.31. The first-order valence-corrected chi connectivity index (χ1v) is 5.62. The Labute approximate surface area is 97.3 Å². The van der Waals surface area contributed by atoms with Crippen LogP contribution in [0.25, 0.3) is 0 Å². The van der Waals surface area contributed by atoms with E-state index < -0.39 is 0 Å². The van der Waals surface area contributed by atoms with Gasteiger partial charge < -0.3 is 14.2 Å². The molecule has 16 heavy (non-hydrogen) atoms. The molecule has 3 nitrogen and oxygen atoms in total. The second kappa shape index (κ2) is 9.33. The summed E-state index contributed by atoms with van der Waals surface area (Å²) >= 11 is 0. The molecule has 0 aliphatic rings. The second-order valence-corrected chi connectivity index (χ2v) is 3.52. The van der Waals surface area contributed by atoms with Gasteiger partial charge in [0, 0.05) is 13.7 Å². The lowest BCUT2D eigenvalue weighted by atomic mass is 10.1. The Balaban J connectivity index is 1.89. The van der Waals surface area contributed by atoms with E-state index in [1.54, 1.807) is 7.11 Å². The summed E-state index contributed by atoms with van der Waals surface area (Å²) in [5.74, 6) is 0. The second-order valence-electron chi connectivity index (χ2n) is 3.52. The van der Waals surface area contributed by atoms with Crippen molar-refractivity contribution in [3.8, 4) is 0 Å². The highest BCUT2D eigenvalue weighted by Crippen LogP contribution is 2.02. The molecule has 0 unspecified atom stereocenters.